The van der Waals surface area contributed by atoms with Gasteiger partial charge in [0.25, 0.3) is 0 Å². The van der Waals surface area contributed by atoms with E-state index in [9.17, 15) is 13.2 Å². The van der Waals surface area contributed by atoms with Crippen molar-refractivity contribution in [1.29, 1.82) is 0 Å². The lowest BCUT2D eigenvalue weighted by atomic mass is 9.98. The van der Waals surface area contributed by atoms with Gasteiger partial charge < -0.3 is 14.5 Å². The van der Waals surface area contributed by atoms with E-state index < -0.39 is 6.36 Å². The molecule has 0 bridgehead atoms. The third-order valence-corrected chi connectivity index (χ3v) is 5.47. The van der Waals surface area contributed by atoms with E-state index in [1.54, 1.807) is 24.7 Å². The second-order valence-electron chi connectivity index (χ2n) is 7.88. The Kier molecular flexibility index (Phi) is 5.57. The summed E-state index contributed by atoms with van der Waals surface area (Å²) in [4.78, 5) is 20.5. The third kappa shape index (κ3) is 5.05. The number of nitrogens with zero attached hydrogens (tertiary/aromatic N) is 4. The van der Waals surface area contributed by atoms with E-state index in [0.717, 1.165) is 18.4 Å². The number of nitrogens with one attached hydrogen (secondary N) is 1. The highest BCUT2D eigenvalue weighted by Crippen LogP contribution is 2.28. The Bertz CT molecular complexity index is 1230. The minimum absolute atomic E-state index is 0.182. The molecule has 1 aliphatic rings. The zero-order valence-electron chi connectivity index (χ0n) is 17.5. The number of pyridine rings is 1. The summed E-state index contributed by atoms with van der Waals surface area (Å²) in [6, 6.07) is 7.95. The molecule has 3 heterocycles. The molecule has 33 heavy (non-hydrogen) atoms. The Morgan fingerprint density at radius 1 is 0.879 bits per heavy atom. The molecule has 0 radical (unpaired) electrons. The average Bonchev–Trinajstić information content (AvgIpc) is 3.23. The number of hydrogen-bond acceptors (Lipinski definition) is 6. The highest BCUT2D eigenvalue weighted by molar-refractivity contribution is 5.80. The number of hydrogen-bond donors (Lipinski definition) is 1. The largest absolute Gasteiger partial charge is 0.573 e. The number of alkyl halides is 3. The highest BCUT2D eigenvalue weighted by Gasteiger charge is 2.31. The number of aromatic nitrogens is 5. The number of imidazole rings is 1. The molecule has 1 aromatic carbocycles. The fourth-order valence-electron chi connectivity index (χ4n) is 3.87. The molecule has 1 saturated carbocycles. The number of rotatable bonds is 5. The zero-order valence-corrected chi connectivity index (χ0v) is 17.5. The molecule has 0 saturated heterocycles. The fourth-order valence-corrected chi connectivity index (χ4v) is 3.87. The molecule has 0 amide bonds. The first-order valence-electron chi connectivity index (χ1n) is 10.6. The Morgan fingerprint density at radius 2 is 1.64 bits per heavy atom. The predicted octanol–water partition coefficient (Wildman–Crippen LogP) is 5.69. The van der Waals surface area contributed by atoms with E-state index in [-0.39, 0.29) is 11.9 Å². The van der Waals surface area contributed by atoms with Gasteiger partial charge >= 0.3 is 12.4 Å². The lowest BCUT2D eigenvalue weighted by Gasteiger charge is -2.21. The maximum Gasteiger partial charge on any atom is 0.573 e. The average molecular weight is 455 g/mol. The summed E-state index contributed by atoms with van der Waals surface area (Å²) in [6.07, 6.45) is 6.09. The molecule has 1 fully saturated rings. The van der Waals surface area contributed by atoms with Gasteiger partial charge in [0.2, 0.25) is 0 Å². The van der Waals surface area contributed by atoms with Crippen molar-refractivity contribution in [3.05, 3.63) is 48.9 Å². The minimum atomic E-state index is -4.75. The van der Waals surface area contributed by atoms with Gasteiger partial charge in [-0.25, -0.2) is 15.0 Å². The summed E-state index contributed by atoms with van der Waals surface area (Å²) in [5.41, 5.74) is 3.06. The molecule has 3 aromatic heterocycles. The molecule has 0 unspecified atom stereocenters. The fraction of sp³-hybridized carbons (Fsp3) is 0.304. The first-order valence-corrected chi connectivity index (χ1v) is 10.6. The van der Waals surface area contributed by atoms with Crippen molar-refractivity contribution >= 4 is 11.0 Å². The van der Waals surface area contributed by atoms with Crippen LogP contribution in [0.5, 0.6) is 11.8 Å². The number of benzene rings is 1. The summed E-state index contributed by atoms with van der Waals surface area (Å²) in [5.74, 6) is 0.176. The van der Waals surface area contributed by atoms with Crippen LogP contribution in [0, 0.1) is 0 Å². The molecule has 1 N–H and O–H groups in total. The Morgan fingerprint density at radius 3 is 2.33 bits per heavy atom. The van der Waals surface area contributed by atoms with Crippen molar-refractivity contribution in [3.63, 3.8) is 0 Å². The summed E-state index contributed by atoms with van der Waals surface area (Å²) >= 11 is 0. The number of H-pyrrole nitrogens is 1. The van der Waals surface area contributed by atoms with Crippen molar-refractivity contribution in [2.24, 2.45) is 0 Å². The molecule has 0 aliphatic heterocycles. The van der Waals surface area contributed by atoms with E-state index in [1.807, 2.05) is 6.07 Å². The monoisotopic (exact) mass is 455 g/mol. The van der Waals surface area contributed by atoms with E-state index >= 15 is 0 Å². The van der Waals surface area contributed by atoms with Gasteiger partial charge in [0, 0.05) is 35.8 Å². The molecular formula is C23H20F3N5O2. The smallest absolute Gasteiger partial charge is 0.460 e. The molecule has 0 atom stereocenters. The van der Waals surface area contributed by atoms with Gasteiger partial charge in [-0.1, -0.05) is 6.42 Å². The maximum absolute atomic E-state index is 12.4. The molecule has 5 rings (SSSR count). The molecule has 7 nitrogen and oxygen atoms in total. The first-order chi connectivity index (χ1) is 15.9. The Hall–Kier alpha value is -3.69. The van der Waals surface area contributed by atoms with Gasteiger partial charge in [0.05, 0.1) is 16.7 Å². The third-order valence-electron chi connectivity index (χ3n) is 5.47. The van der Waals surface area contributed by atoms with Crippen LogP contribution in [0.2, 0.25) is 0 Å². The molecule has 170 valence electrons. The van der Waals surface area contributed by atoms with Crippen molar-refractivity contribution in [2.45, 2.75) is 44.6 Å². The zero-order chi connectivity index (χ0) is 22.8. The summed E-state index contributed by atoms with van der Waals surface area (Å²) in [5, 5.41) is 0. The van der Waals surface area contributed by atoms with Gasteiger partial charge in [0.1, 0.15) is 17.7 Å². The highest BCUT2D eigenvalue weighted by atomic mass is 19.4. The van der Waals surface area contributed by atoms with Crippen LogP contribution in [-0.2, 0) is 0 Å². The normalized spacial score (nSPS) is 15.0. The SMILES string of the molecule is FC(F)(F)Oc1ccc2nc(-c3ccc(-c4cnc(OC5CCCCC5)nc4)nc3)[nH]c2c1. The second-order valence-corrected chi connectivity index (χ2v) is 7.88. The van der Waals surface area contributed by atoms with Gasteiger partial charge in [0.15, 0.2) is 0 Å². The number of halogens is 3. The van der Waals surface area contributed by atoms with E-state index in [1.165, 1.54) is 37.5 Å². The molecular weight excluding hydrogens is 435 g/mol. The van der Waals surface area contributed by atoms with Gasteiger partial charge in [-0.15, -0.1) is 13.2 Å². The summed E-state index contributed by atoms with van der Waals surface area (Å²) < 4.78 is 47.2. The van der Waals surface area contributed by atoms with Crippen molar-refractivity contribution in [1.82, 2.24) is 24.9 Å². The molecule has 4 aromatic rings. The van der Waals surface area contributed by atoms with Crippen LogP contribution in [0.15, 0.2) is 48.9 Å². The predicted molar refractivity (Wildman–Crippen MR) is 115 cm³/mol. The lowest BCUT2D eigenvalue weighted by Crippen LogP contribution is -2.20. The molecule has 10 heteroatoms. The number of aromatic amines is 1. The van der Waals surface area contributed by atoms with Crippen molar-refractivity contribution in [3.8, 4) is 34.4 Å². The standard InChI is InChI=1S/C23H20F3N5O2/c24-23(25,26)33-17-7-9-19-20(10-17)31-21(30-19)14-6-8-18(27-11-14)15-12-28-22(29-13-15)32-16-4-2-1-3-5-16/h6-13,16H,1-5H2,(H,30,31). The Balaban J connectivity index is 1.30. The van der Waals surface area contributed by atoms with E-state index in [4.69, 9.17) is 4.74 Å². The lowest BCUT2D eigenvalue weighted by molar-refractivity contribution is -0.274. The van der Waals surface area contributed by atoms with Crippen LogP contribution < -0.4 is 9.47 Å². The van der Waals surface area contributed by atoms with Crippen LogP contribution in [0.25, 0.3) is 33.7 Å². The molecule has 0 spiro atoms. The van der Waals surface area contributed by atoms with Crippen LogP contribution >= 0.6 is 0 Å². The van der Waals surface area contributed by atoms with Gasteiger partial charge in [-0.05, 0) is 49.9 Å². The number of ether oxygens (including phenoxy) is 2. The van der Waals surface area contributed by atoms with Crippen LogP contribution in [0.1, 0.15) is 32.1 Å². The summed E-state index contributed by atoms with van der Waals surface area (Å²) in [7, 11) is 0. The van der Waals surface area contributed by atoms with Crippen LogP contribution in [-0.4, -0.2) is 37.4 Å². The maximum atomic E-state index is 12.4. The number of fused-ring (bicyclic) bond motifs is 1. The second kappa shape index (κ2) is 8.68. The topological polar surface area (TPSA) is 85.8 Å². The Labute approximate surface area is 187 Å². The molecule has 1 aliphatic carbocycles. The summed E-state index contributed by atoms with van der Waals surface area (Å²) in [6.45, 7) is 0. The minimum Gasteiger partial charge on any atom is -0.460 e. The van der Waals surface area contributed by atoms with Crippen molar-refractivity contribution < 1.29 is 22.6 Å². The van der Waals surface area contributed by atoms with Crippen LogP contribution in [0.3, 0.4) is 0 Å². The van der Waals surface area contributed by atoms with Crippen molar-refractivity contribution in [2.75, 3.05) is 0 Å². The van der Waals surface area contributed by atoms with Gasteiger partial charge in [-0.3, -0.25) is 4.98 Å². The first kappa shape index (κ1) is 21.2. The van der Waals surface area contributed by atoms with E-state index in [0.29, 0.717) is 34.1 Å². The van der Waals surface area contributed by atoms with Crippen LogP contribution in [0.4, 0.5) is 13.2 Å². The quantitative estimate of drug-likeness (QED) is 0.416. The van der Waals surface area contributed by atoms with E-state index in [2.05, 4.69) is 29.7 Å². The van der Waals surface area contributed by atoms with Gasteiger partial charge in [-0.2, -0.15) is 0 Å².